The Kier molecular flexibility index (Phi) is 8.37. The molecule has 3 aromatic carbocycles. The van der Waals surface area contributed by atoms with Crippen molar-refractivity contribution in [3.05, 3.63) is 93.0 Å². The molecule has 0 saturated heterocycles. The summed E-state index contributed by atoms with van der Waals surface area (Å²) < 4.78 is 11.6. The molecule has 1 amide bonds. The summed E-state index contributed by atoms with van der Waals surface area (Å²) in [6.45, 7) is 4.52. The Bertz CT molecular complexity index is 1220. The molecular weight excluding hydrogens is 459 g/mol. The fourth-order valence-electron chi connectivity index (χ4n) is 2.94. The maximum Gasteiger partial charge on any atom is 0.266 e. The first-order valence-electron chi connectivity index (χ1n) is 10.2. The summed E-state index contributed by atoms with van der Waals surface area (Å²) in [6, 6.07) is 19.8. The van der Waals surface area contributed by atoms with Gasteiger partial charge in [-0.15, -0.1) is 0 Å². The standard InChI is InChI=1S/C26H22Cl2N2O3/c1-3-32-25-14-18(7-11-24(25)33-16-19-6-10-22(27)23(28)13-19)12-20(15-29)26(31)30-21-8-4-17(2)5-9-21/h4-14H,3,16H2,1-2H3,(H,30,31)/b20-12-. The van der Waals surface area contributed by atoms with Gasteiger partial charge in [0, 0.05) is 5.69 Å². The summed E-state index contributed by atoms with van der Waals surface area (Å²) in [4.78, 5) is 12.5. The number of nitrogens with one attached hydrogen (secondary N) is 1. The number of carbonyl (C=O) groups excluding carboxylic acids is 1. The zero-order chi connectivity index (χ0) is 23.8. The first-order chi connectivity index (χ1) is 15.9. The smallest absolute Gasteiger partial charge is 0.266 e. The highest BCUT2D eigenvalue weighted by molar-refractivity contribution is 6.42. The van der Waals surface area contributed by atoms with Crippen LogP contribution in [-0.2, 0) is 11.4 Å². The van der Waals surface area contributed by atoms with Gasteiger partial charge in [0.05, 0.1) is 16.7 Å². The minimum atomic E-state index is -0.487. The van der Waals surface area contributed by atoms with Crippen LogP contribution in [0.2, 0.25) is 10.0 Å². The predicted octanol–water partition coefficient (Wildman–Crippen LogP) is 6.83. The van der Waals surface area contributed by atoms with Crippen LogP contribution in [0.15, 0.2) is 66.2 Å². The lowest BCUT2D eigenvalue weighted by Gasteiger charge is -2.13. The fourth-order valence-corrected chi connectivity index (χ4v) is 3.26. The van der Waals surface area contributed by atoms with Crippen molar-refractivity contribution in [1.29, 1.82) is 5.26 Å². The second-order valence-corrected chi connectivity index (χ2v) is 7.98. The number of nitriles is 1. The van der Waals surface area contributed by atoms with E-state index in [2.05, 4.69) is 5.32 Å². The first kappa shape index (κ1) is 24.2. The molecule has 33 heavy (non-hydrogen) atoms. The predicted molar refractivity (Wildman–Crippen MR) is 132 cm³/mol. The van der Waals surface area contributed by atoms with Gasteiger partial charge in [-0.3, -0.25) is 4.79 Å². The maximum absolute atomic E-state index is 12.5. The van der Waals surface area contributed by atoms with Crippen LogP contribution in [0, 0.1) is 18.3 Å². The van der Waals surface area contributed by atoms with E-state index in [0.717, 1.165) is 11.1 Å². The van der Waals surface area contributed by atoms with Gasteiger partial charge in [0.25, 0.3) is 5.91 Å². The van der Waals surface area contributed by atoms with E-state index in [0.29, 0.717) is 39.4 Å². The van der Waals surface area contributed by atoms with Crippen molar-refractivity contribution in [1.82, 2.24) is 0 Å². The Morgan fingerprint density at radius 3 is 2.42 bits per heavy atom. The van der Waals surface area contributed by atoms with E-state index in [-0.39, 0.29) is 12.2 Å². The highest BCUT2D eigenvalue weighted by Crippen LogP contribution is 2.31. The maximum atomic E-state index is 12.5. The fraction of sp³-hybridized carbons (Fsp3) is 0.154. The molecule has 1 N–H and O–H groups in total. The summed E-state index contributed by atoms with van der Waals surface area (Å²) in [5.41, 5.74) is 3.16. The van der Waals surface area contributed by atoms with E-state index in [1.165, 1.54) is 6.08 Å². The van der Waals surface area contributed by atoms with Crippen molar-refractivity contribution in [3.8, 4) is 17.6 Å². The SMILES string of the molecule is CCOc1cc(/C=C(/C#N)C(=O)Nc2ccc(C)cc2)ccc1OCc1ccc(Cl)c(Cl)c1. The Hall–Kier alpha value is -3.46. The number of benzene rings is 3. The summed E-state index contributed by atoms with van der Waals surface area (Å²) in [7, 11) is 0. The van der Waals surface area contributed by atoms with Crippen molar-refractivity contribution in [3.63, 3.8) is 0 Å². The van der Waals surface area contributed by atoms with Crippen LogP contribution < -0.4 is 14.8 Å². The minimum absolute atomic E-state index is 0.0255. The van der Waals surface area contributed by atoms with E-state index in [1.54, 1.807) is 42.5 Å². The molecule has 0 bridgehead atoms. The van der Waals surface area contributed by atoms with Gasteiger partial charge in [-0.05, 0) is 67.4 Å². The molecule has 0 aliphatic rings. The number of hydrogen-bond donors (Lipinski definition) is 1. The largest absolute Gasteiger partial charge is 0.490 e. The third-order valence-electron chi connectivity index (χ3n) is 4.63. The Morgan fingerprint density at radius 2 is 1.76 bits per heavy atom. The van der Waals surface area contributed by atoms with Crippen LogP contribution in [0.25, 0.3) is 6.08 Å². The highest BCUT2D eigenvalue weighted by Gasteiger charge is 2.12. The molecule has 0 spiro atoms. The molecular formula is C26H22Cl2N2O3. The third kappa shape index (κ3) is 6.76. The zero-order valence-electron chi connectivity index (χ0n) is 18.2. The average Bonchev–Trinajstić information content (AvgIpc) is 2.80. The van der Waals surface area contributed by atoms with Crippen molar-refractivity contribution < 1.29 is 14.3 Å². The van der Waals surface area contributed by atoms with Gasteiger partial charge in [-0.1, -0.05) is 53.0 Å². The monoisotopic (exact) mass is 480 g/mol. The molecule has 3 rings (SSSR count). The summed E-state index contributed by atoms with van der Waals surface area (Å²) >= 11 is 12.0. The van der Waals surface area contributed by atoms with Crippen LogP contribution in [0.5, 0.6) is 11.5 Å². The number of rotatable bonds is 8. The van der Waals surface area contributed by atoms with Crippen molar-refractivity contribution in [2.75, 3.05) is 11.9 Å². The average molecular weight is 481 g/mol. The molecule has 0 radical (unpaired) electrons. The Balaban J connectivity index is 1.77. The topological polar surface area (TPSA) is 71.3 Å². The molecule has 0 atom stereocenters. The number of ether oxygens (including phenoxy) is 2. The van der Waals surface area contributed by atoms with Crippen molar-refractivity contribution in [2.24, 2.45) is 0 Å². The van der Waals surface area contributed by atoms with Crippen LogP contribution in [0.1, 0.15) is 23.6 Å². The molecule has 3 aromatic rings. The summed E-state index contributed by atoms with van der Waals surface area (Å²) in [5.74, 6) is 0.546. The van der Waals surface area contributed by atoms with Crippen LogP contribution in [-0.4, -0.2) is 12.5 Å². The Labute approximate surface area is 203 Å². The number of amides is 1. The normalized spacial score (nSPS) is 10.9. The van der Waals surface area contributed by atoms with Crippen molar-refractivity contribution >= 4 is 40.9 Å². The van der Waals surface area contributed by atoms with Gasteiger partial charge < -0.3 is 14.8 Å². The van der Waals surface area contributed by atoms with Gasteiger partial charge in [0.15, 0.2) is 11.5 Å². The van der Waals surface area contributed by atoms with Crippen LogP contribution >= 0.6 is 23.2 Å². The van der Waals surface area contributed by atoms with Crippen LogP contribution in [0.4, 0.5) is 5.69 Å². The number of aryl methyl sites for hydroxylation is 1. The number of hydrogen-bond acceptors (Lipinski definition) is 4. The molecule has 0 unspecified atom stereocenters. The van der Waals surface area contributed by atoms with E-state index in [4.69, 9.17) is 32.7 Å². The molecule has 0 aliphatic heterocycles. The number of halogens is 2. The first-order valence-corrected chi connectivity index (χ1v) is 11.0. The van der Waals surface area contributed by atoms with E-state index < -0.39 is 5.91 Å². The molecule has 7 heteroatoms. The molecule has 0 fully saturated rings. The molecule has 5 nitrogen and oxygen atoms in total. The van der Waals surface area contributed by atoms with E-state index >= 15 is 0 Å². The zero-order valence-corrected chi connectivity index (χ0v) is 19.7. The van der Waals surface area contributed by atoms with Gasteiger partial charge in [-0.2, -0.15) is 5.26 Å². The van der Waals surface area contributed by atoms with Gasteiger partial charge >= 0.3 is 0 Å². The lowest BCUT2D eigenvalue weighted by atomic mass is 10.1. The van der Waals surface area contributed by atoms with Crippen LogP contribution in [0.3, 0.4) is 0 Å². The molecule has 0 aliphatic carbocycles. The lowest BCUT2D eigenvalue weighted by molar-refractivity contribution is -0.112. The second kappa shape index (κ2) is 11.4. The molecule has 0 saturated carbocycles. The molecule has 0 heterocycles. The Morgan fingerprint density at radius 1 is 1.00 bits per heavy atom. The van der Waals surface area contributed by atoms with Gasteiger partial charge in [-0.25, -0.2) is 0 Å². The van der Waals surface area contributed by atoms with Crippen molar-refractivity contribution in [2.45, 2.75) is 20.5 Å². The second-order valence-electron chi connectivity index (χ2n) is 7.17. The number of carbonyl (C=O) groups is 1. The number of nitrogens with zero attached hydrogens (tertiary/aromatic N) is 1. The lowest BCUT2D eigenvalue weighted by Crippen LogP contribution is -2.13. The highest BCUT2D eigenvalue weighted by atomic mass is 35.5. The third-order valence-corrected chi connectivity index (χ3v) is 5.37. The minimum Gasteiger partial charge on any atom is -0.490 e. The summed E-state index contributed by atoms with van der Waals surface area (Å²) in [5, 5.41) is 13.2. The van der Waals surface area contributed by atoms with Gasteiger partial charge in [0.1, 0.15) is 18.2 Å². The van der Waals surface area contributed by atoms with E-state index in [9.17, 15) is 10.1 Å². The quantitative estimate of drug-likeness (QED) is 0.283. The number of anilines is 1. The van der Waals surface area contributed by atoms with E-state index in [1.807, 2.05) is 38.1 Å². The molecule has 168 valence electrons. The summed E-state index contributed by atoms with van der Waals surface area (Å²) in [6.07, 6.45) is 1.51. The molecule has 0 aromatic heterocycles. The van der Waals surface area contributed by atoms with Gasteiger partial charge in [0.2, 0.25) is 0 Å².